The molecule has 104 valence electrons. The van der Waals surface area contributed by atoms with Gasteiger partial charge in [-0.1, -0.05) is 18.2 Å². The zero-order chi connectivity index (χ0) is 14.3. The van der Waals surface area contributed by atoms with Crippen LogP contribution in [0.15, 0.2) is 34.7 Å². The van der Waals surface area contributed by atoms with Gasteiger partial charge in [0.25, 0.3) is 0 Å². The van der Waals surface area contributed by atoms with Crippen molar-refractivity contribution >= 4 is 10.9 Å². The number of para-hydroxylation sites is 1. The highest BCUT2D eigenvalue weighted by Crippen LogP contribution is 2.27. The monoisotopic (exact) mass is 270 g/mol. The Bertz CT molecular complexity index is 755. The molecule has 0 aliphatic heterocycles. The van der Waals surface area contributed by atoms with Crippen LogP contribution < -0.4 is 0 Å². The number of aliphatic hydroxyl groups excluding tert-OH is 1. The van der Waals surface area contributed by atoms with Crippen molar-refractivity contribution in [2.75, 3.05) is 0 Å². The highest BCUT2D eigenvalue weighted by Gasteiger charge is 2.18. The van der Waals surface area contributed by atoms with Crippen LogP contribution in [-0.4, -0.2) is 14.9 Å². The van der Waals surface area contributed by atoms with E-state index in [1.165, 1.54) is 0 Å². The Morgan fingerprint density at radius 3 is 2.75 bits per heavy atom. The van der Waals surface area contributed by atoms with Crippen molar-refractivity contribution in [1.29, 1.82) is 0 Å². The van der Waals surface area contributed by atoms with Gasteiger partial charge in [0, 0.05) is 24.4 Å². The van der Waals surface area contributed by atoms with E-state index in [2.05, 4.69) is 5.10 Å². The van der Waals surface area contributed by atoms with Crippen LogP contribution in [0.25, 0.3) is 10.9 Å². The van der Waals surface area contributed by atoms with E-state index in [-0.39, 0.29) is 0 Å². The first-order chi connectivity index (χ1) is 9.56. The summed E-state index contributed by atoms with van der Waals surface area (Å²) in [5.41, 5.74) is 2.83. The number of fused-ring (bicyclic) bond motifs is 1. The molecule has 20 heavy (non-hydrogen) atoms. The van der Waals surface area contributed by atoms with Gasteiger partial charge in [-0.05, 0) is 26.0 Å². The molecule has 0 saturated carbocycles. The maximum absolute atomic E-state index is 10.4. The number of nitrogens with zero attached hydrogens (tertiary/aromatic N) is 2. The van der Waals surface area contributed by atoms with Gasteiger partial charge in [-0.3, -0.25) is 4.68 Å². The molecule has 0 spiro atoms. The zero-order valence-electron chi connectivity index (χ0n) is 11.9. The molecule has 2 heterocycles. The van der Waals surface area contributed by atoms with Crippen molar-refractivity contribution in [1.82, 2.24) is 9.78 Å². The molecule has 0 saturated heterocycles. The second kappa shape index (κ2) is 4.80. The van der Waals surface area contributed by atoms with E-state index in [0.717, 1.165) is 33.7 Å². The van der Waals surface area contributed by atoms with Crippen LogP contribution in [0.3, 0.4) is 0 Å². The minimum Gasteiger partial charge on any atom is -0.466 e. The Labute approximate surface area is 117 Å². The van der Waals surface area contributed by atoms with Gasteiger partial charge in [-0.2, -0.15) is 5.10 Å². The number of aliphatic hydroxyl groups is 1. The molecule has 2 aromatic heterocycles. The minimum absolute atomic E-state index is 0.487. The third kappa shape index (κ3) is 2.12. The van der Waals surface area contributed by atoms with E-state index in [1.54, 1.807) is 0 Å². The van der Waals surface area contributed by atoms with E-state index in [1.807, 2.05) is 55.9 Å². The van der Waals surface area contributed by atoms with Gasteiger partial charge in [0.05, 0.1) is 17.3 Å². The van der Waals surface area contributed by atoms with Gasteiger partial charge in [0.15, 0.2) is 0 Å². The molecule has 3 aromatic rings. The topological polar surface area (TPSA) is 51.2 Å². The van der Waals surface area contributed by atoms with E-state index in [9.17, 15) is 5.11 Å². The Morgan fingerprint density at radius 1 is 1.30 bits per heavy atom. The van der Waals surface area contributed by atoms with Crippen molar-refractivity contribution < 1.29 is 9.52 Å². The van der Waals surface area contributed by atoms with Crippen LogP contribution in [0.2, 0.25) is 0 Å². The molecule has 3 rings (SSSR count). The fourth-order valence-electron chi connectivity index (χ4n) is 2.71. The predicted molar refractivity (Wildman–Crippen MR) is 77.6 cm³/mol. The summed E-state index contributed by atoms with van der Waals surface area (Å²) in [4.78, 5) is 0. The average Bonchev–Trinajstić information content (AvgIpc) is 2.91. The van der Waals surface area contributed by atoms with Crippen molar-refractivity contribution in [3.05, 3.63) is 53.1 Å². The summed E-state index contributed by atoms with van der Waals surface area (Å²) in [6.45, 7) is 3.77. The van der Waals surface area contributed by atoms with Gasteiger partial charge < -0.3 is 9.52 Å². The number of benzene rings is 1. The maximum atomic E-state index is 10.4. The summed E-state index contributed by atoms with van der Waals surface area (Å²) in [6.07, 6.45) is -0.105. The molecule has 0 aliphatic rings. The summed E-state index contributed by atoms with van der Waals surface area (Å²) < 4.78 is 7.33. The lowest BCUT2D eigenvalue weighted by Gasteiger charge is -2.07. The molecule has 0 radical (unpaired) electrons. The summed E-state index contributed by atoms with van der Waals surface area (Å²) >= 11 is 0. The summed E-state index contributed by atoms with van der Waals surface area (Å²) in [5.74, 6) is 1.60. The van der Waals surface area contributed by atoms with Crippen LogP contribution in [0.4, 0.5) is 0 Å². The first kappa shape index (κ1) is 12.9. The fourth-order valence-corrected chi connectivity index (χ4v) is 2.71. The lowest BCUT2D eigenvalue weighted by atomic mass is 10.0. The lowest BCUT2D eigenvalue weighted by Crippen LogP contribution is -2.03. The SMILES string of the molecule is Cc1cc(C(O)Cc2nn(C)c3ccccc23)c(C)o1. The van der Waals surface area contributed by atoms with E-state index in [0.29, 0.717) is 6.42 Å². The summed E-state index contributed by atoms with van der Waals surface area (Å²) in [7, 11) is 1.92. The first-order valence-corrected chi connectivity index (χ1v) is 6.72. The van der Waals surface area contributed by atoms with E-state index < -0.39 is 6.10 Å². The molecule has 1 N–H and O–H groups in total. The number of aromatic nitrogens is 2. The van der Waals surface area contributed by atoms with Gasteiger partial charge in [0.2, 0.25) is 0 Å². The van der Waals surface area contributed by atoms with Crippen LogP contribution >= 0.6 is 0 Å². The third-order valence-corrected chi connectivity index (χ3v) is 3.66. The number of furan rings is 1. The maximum Gasteiger partial charge on any atom is 0.106 e. The van der Waals surface area contributed by atoms with Crippen molar-refractivity contribution in [3.63, 3.8) is 0 Å². The Kier molecular flexibility index (Phi) is 3.10. The second-order valence-electron chi connectivity index (χ2n) is 5.18. The molecule has 0 amide bonds. The van der Waals surface area contributed by atoms with Crippen LogP contribution in [0.5, 0.6) is 0 Å². The molecule has 0 fully saturated rings. The van der Waals surface area contributed by atoms with Crippen LogP contribution in [0.1, 0.15) is 28.9 Å². The quantitative estimate of drug-likeness (QED) is 0.795. The van der Waals surface area contributed by atoms with Crippen molar-refractivity contribution in [3.8, 4) is 0 Å². The fraction of sp³-hybridized carbons (Fsp3) is 0.312. The largest absolute Gasteiger partial charge is 0.466 e. The number of hydrogen-bond donors (Lipinski definition) is 1. The number of aryl methyl sites for hydroxylation is 3. The van der Waals surface area contributed by atoms with Gasteiger partial charge in [-0.15, -0.1) is 0 Å². The lowest BCUT2D eigenvalue weighted by molar-refractivity contribution is 0.175. The Morgan fingerprint density at radius 2 is 2.05 bits per heavy atom. The molecule has 4 nitrogen and oxygen atoms in total. The van der Waals surface area contributed by atoms with Crippen LogP contribution in [0, 0.1) is 13.8 Å². The molecule has 0 aliphatic carbocycles. The Hall–Kier alpha value is -2.07. The van der Waals surface area contributed by atoms with Crippen molar-refractivity contribution in [2.24, 2.45) is 7.05 Å². The molecule has 0 bridgehead atoms. The molecule has 1 atom stereocenters. The standard InChI is InChI=1S/C16H18N2O2/c1-10-8-13(11(2)20-10)16(19)9-14-12-6-4-5-7-15(12)18(3)17-14/h4-8,16,19H,9H2,1-3H3. The number of rotatable bonds is 3. The third-order valence-electron chi connectivity index (χ3n) is 3.66. The summed E-state index contributed by atoms with van der Waals surface area (Å²) in [5, 5.41) is 16.0. The molecule has 4 heteroatoms. The smallest absolute Gasteiger partial charge is 0.106 e. The van der Waals surface area contributed by atoms with Gasteiger partial charge in [-0.25, -0.2) is 0 Å². The minimum atomic E-state index is -0.592. The zero-order valence-corrected chi connectivity index (χ0v) is 11.9. The Balaban J connectivity index is 1.95. The predicted octanol–water partition coefficient (Wildman–Crippen LogP) is 3.06. The second-order valence-corrected chi connectivity index (χ2v) is 5.18. The highest BCUT2D eigenvalue weighted by molar-refractivity contribution is 5.81. The van der Waals surface area contributed by atoms with Crippen molar-refractivity contribution in [2.45, 2.75) is 26.4 Å². The van der Waals surface area contributed by atoms with E-state index >= 15 is 0 Å². The summed E-state index contributed by atoms with van der Waals surface area (Å²) in [6, 6.07) is 9.95. The first-order valence-electron chi connectivity index (χ1n) is 6.72. The van der Waals surface area contributed by atoms with Gasteiger partial charge in [0.1, 0.15) is 11.5 Å². The molecule has 1 unspecified atom stereocenters. The highest BCUT2D eigenvalue weighted by atomic mass is 16.3. The average molecular weight is 270 g/mol. The van der Waals surface area contributed by atoms with E-state index in [4.69, 9.17) is 4.42 Å². The molecular weight excluding hydrogens is 252 g/mol. The van der Waals surface area contributed by atoms with Crippen LogP contribution in [-0.2, 0) is 13.5 Å². The molecule has 1 aromatic carbocycles. The molecular formula is C16H18N2O2. The van der Waals surface area contributed by atoms with Gasteiger partial charge >= 0.3 is 0 Å². The number of hydrogen-bond acceptors (Lipinski definition) is 3. The normalized spacial score (nSPS) is 13.0.